The van der Waals surface area contributed by atoms with Crippen LogP contribution < -0.4 is 0 Å². The number of halogens is 1. The third kappa shape index (κ3) is 6.50. The SMILES string of the molecule is CC(I)C(=O)OCCOC(=O)CN1CCOCC1. The molecule has 1 atom stereocenters. The Kier molecular flexibility index (Phi) is 7.52. The molecule has 0 bridgehead atoms. The van der Waals surface area contributed by atoms with Crippen LogP contribution in [-0.4, -0.2) is 66.8 Å². The number of hydrogen-bond donors (Lipinski definition) is 0. The van der Waals surface area contributed by atoms with Gasteiger partial charge in [-0.1, -0.05) is 22.6 Å². The Morgan fingerprint density at radius 3 is 2.50 bits per heavy atom. The van der Waals surface area contributed by atoms with Crippen molar-refractivity contribution in [1.82, 2.24) is 4.90 Å². The molecule has 1 heterocycles. The largest absolute Gasteiger partial charge is 0.461 e. The van der Waals surface area contributed by atoms with Crippen molar-refractivity contribution < 1.29 is 23.8 Å². The summed E-state index contributed by atoms with van der Waals surface area (Å²) in [5, 5.41) is 0. The Balaban J connectivity index is 2.04. The Labute approximate surface area is 120 Å². The number of carbonyl (C=O) groups is 2. The van der Waals surface area contributed by atoms with Gasteiger partial charge in [0, 0.05) is 13.1 Å². The lowest BCUT2D eigenvalue weighted by Crippen LogP contribution is -2.40. The molecule has 0 aromatic carbocycles. The third-order valence-electron chi connectivity index (χ3n) is 2.37. The molecule has 1 aliphatic rings. The molecule has 0 radical (unpaired) electrons. The molecule has 0 aromatic rings. The molecule has 6 nitrogen and oxygen atoms in total. The van der Waals surface area contributed by atoms with Crippen LogP contribution in [0.15, 0.2) is 0 Å². The van der Waals surface area contributed by atoms with Gasteiger partial charge in [-0.05, 0) is 6.92 Å². The van der Waals surface area contributed by atoms with Crippen molar-refractivity contribution in [1.29, 1.82) is 0 Å². The molecule has 1 aliphatic heterocycles. The van der Waals surface area contributed by atoms with E-state index in [-0.39, 0.29) is 35.6 Å². The monoisotopic (exact) mass is 371 g/mol. The standard InChI is InChI=1S/C11H18INO5/c1-9(12)11(15)18-7-6-17-10(14)8-13-2-4-16-5-3-13/h9H,2-8H2,1H3. The van der Waals surface area contributed by atoms with E-state index < -0.39 is 0 Å². The summed E-state index contributed by atoms with van der Waals surface area (Å²) in [7, 11) is 0. The minimum atomic E-state index is -0.296. The quantitative estimate of drug-likeness (QED) is 0.288. The van der Waals surface area contributed by atoms with Crippen LogP contribution in [0.25, 0.3) is 0 Å². The number of esters is 2. The number of carbonyl (C=O) groups excluding carboxylic acids is 2. The van der Waals surface area contributed by atoms with Crippen molar-refractivity contribution in [2.24, 2.45) is 0 Å². The highest BCUT2D eigenvalue weighted by molar-refractivity contribution is 14.1. The molecular formula is C11H18INO5. The van der Waals surface area contributed by atoms with Gasteiger partial charge in [-0.25, -0.2) is 0 Å². The predicted octanol–water partition coefficient (Wildman–Crippen LogP) is 0.228. The Bertz CT molecular complexity index is 279. The summed E-state index contributed by atoms with van der Waals surface area (Å²) in [6.07, 6.45) is 0. The summed E-state index contributed by atoms with van der Waals surface area (Å²) in [6.45, 7) is 5.02. The lowest BCUT2D eigenvalue weighted by Gasteiger charge is -2.25. The molecule has 104 valence electrons. The van der Waals surface area contributed by atoms with Crippen molar-refractivity contribution in [3.63, 3.8) is 0 Å². The normalized spacial score (nSPS) is 18.1. The zero-order chi connectivity index (χ0) is 13.4. The van der Waals surface area contributed by atoms with Gasteiger partial charge < -0.3 is 14.2 Å². The molecule has 0 saturated carbocycles. The first-order valence-corrected chi connectivity index (χ1v) is 7.10. The van der Waals surface area contributed by atoms with E-state index in [1.807, 2.05) is 27.5 Å². The van der Waals surface area contributed by atoms with Crippen LogP contribution in [0.4, 0.5) is 0 Å². The topological polar surface area (TPSA) is 65.1 Å². The zero-order valence-corrected chi connectivity index (χ0v) is 12.6. The van der Waals surface area contributed by atoms with Gasteiger partial charge >= 0.3 is 11.9 Å². The summed E-state index contributed by atoms with van der Waals surface area (Å²) in [5.74, 6) is -0.588. The van der Waals surface area contributed by atoms with Crippen LogP contribution in [0, 0.1) is 0 Å². The first-order chi connectivity index (χ1) is 8.59. The van der Waals surface area contributed by atoms with E-state index in [4.69, 9.17) is 14.2 Å². The van der Waals surface area contributed by atoms with E-state index >= 15 is 0 Å². The molecule has 1 saturated heterocycles. The number of ether oxygens (including phenoxy) is 3. The van der Waals surface area contributed by atoms with Gasteiger partial charge in [-0.2, -0.15) is 0 Å². The minimum absolute atomic E-state index is 0.109. The van der Waals surface area contributed by atoms with E-state index in [2.05, 4.69) is 0 Å². The maximum Gasteiger partial charge on any atom is 0.320 e. The van der Waals surface area contributed by atoms with Crippen LogP contribution in [0.3, 0.4) is 0 Å². The second kappa shape index (κ2) is 8.65. The van der Waals surface area contributed by atoms with Gasteiger partial charge in [0.2, 0.25) is 0 Å². The summed E-state index contributed by atoms with van der Waals surface area (Å²) in [4.78, 5) is 24.5. The maximum atomic E-state index is 11.4. The highest BCUT2D eigenvalue weighted by Crippen LogP contribution is 2.01. The van der Waals surface area contributed by atoms with Gasteiger partial charge in [0.15, 0.2) is 0 Å². The molecule has 0 spiro atoms. The fourth-order valence-corrected chi connectivity index (χ4v) is 1.58. The van der Waals surface area contributed by atoms with Crippen LogP contribution in [0.2, 0.25) is 0 Å². The molecule has 1 fully saturated rings. The second-order valence-corrected chi connectivity index (χ2v) is 5.76. The van der Waals surface area contributed by atoms with Gasteiger partial charge in [-0.3, -0.25) is 14.5 Å². The Hall–Kier alpha value is -0.410. The lowest BCUT2D eigenvalue weighted by molar-refractivity contribution is -0.152. The molecule has 0 aliphatic carbocycles. The molecule has 0 aromatic heterocycles. The first-order valence-electron chi connectivity index (χ1n) is 5.86. The molecule has 18 heavy (non-hydrogen) atoms. The molecule has 1 unspecified atom stereocenters. The van der Waals surface area contributed by atoms with E-state index in [0.717, 1.165) is 13.1 Å². The fraction of sp³-hybridized carbons (Fsp3) is 0.818. The first kappa shape index (κ1) is 15.6. The number of morpholine rings is 1. The van der Waals surface area contributed by atoms with E-state index in [1.54, 1.807) is 6.92 Å². The van der Waals surface area contributed by atoms with Crippen LogP contribution in [0.1, 0.15) is 6.92 Å². The van der Waals surface area contributed by atoms with Crippen LogP contribution in [0.5, 0.6) is 0 Å². The third-order valence-corrected chi connectivity index (χ3v) is 2.88. The summed E-state index contributed by atoms with van der Waals surface area (Å²) < 4.78 is 14.8. The van der Waals surface area contributed by atoms with E-state index in [1.165, 1.54) is 0 Å². The van der Waals surface area contributed by atoms with Crippen molar-refractivity contribution in [2.75, 3.05) is 46.1 Å². The van der Waals surface area contributed by atoms with Crippen LogP contribution in [-0.2, 0) is 23.8 Å². The Morgan fingerprint density at radius 2 is 1.89 bits per heavy atom. The smallest absolute Gasteiger partial charge is 0.320 e. The van der Waals surface area contributed by atoms with Gasteiger partial charge in [0.25, 0.3) is 0 Å². The zero-order valence-electron chi connectivity index (χ0n) is 10.4. The van der Waals surface area contributed by atoms with Crippen molar-refractivity contribution >= 4 is 34.5 Å². The Morgan fingerprint density at radius 1 is 1.28 bits per heavy atom. The van der Waals surface area contributed by atoms with Gasteiger partial charge in [-0.15, -0.1) is 0 Å². The van der Waals surface area contributed by atoms with Crippen molar-refractivity contribution in [3.8, 4) is 0 Å². The second-order valence-electron chi connectivity index (χ2n) is 3.89. The average Bonchev–Trinajstić information content (AvgIpc) is 2.35. The minimum Gasteiger partial charge on any atom is -0.461 e. The maximum absolute atomic E-state index is 11.4. The molecule has 0 amide bonds. The fourth-order valence-electron chi connectivity index (χ4n) is 1.40. The van der Waals surface area contributed by atoms with E-state index in [9.17, 15) is 9.59 Å². The van der Waals surface area contributed by atoms with Gasteiger partial charge in [0.1, 0.15) is 17.1 Å². The highest BCUT2D eigenvalue weighted by atomic mass is 127. The molecule has 7 heteroatoms. The molecular weight excluding hydrogens is 353 g/mol. The molecule has 1 rings (SSSR count). The highest BCUT2D eigenvalue weighted by Gasteiger charge is 2.15. The molecule has 0 N–H and O–H groups in total. The number of hydrogen-bond acceptors (Lipinski definition) is 6. The summed E-state index contributed by atoms with van der Waals surface area (Å²) >= 11 is 1.97. The van der Waals surface area contributed by atoms with Crippen LogP contribution >= 0.6 is 22.6 Å². The number of nitrogens with zero attached hydrogens (tertiary/aromatic N) is 1. The number of alkyl halides is 1. The summed E-state index contributed by atoms with van der Waals surface area (Å²) in [6, 6.07) is 0. The predicted molar refractivity (Wildman–Crippen MR) is 72.7 cm³/mol. The van der Waals surface area contributed by atoms with Gasteiger partial charge in [0.05, 0.1) is 19.8 Å². The lowest BCUT2D eigenvalue weighted by atomic mass is 10.4. The summed E-state index contributed by atoms with van der Waals surface area (Å²) in [5.41, 5.74) is 0. The van der Waals surface area contributed by atoms with Crippen molar-refractivity contribution in [2.45, 2.75) is 10.8 Å². The number of rotatable bonds is 6. The average molecular weight is 371 g/mol. The van der Waals surface area contributed by atoms with Crippen molar-refractivity contribution in [3.05, 3.63) is 0 Å². The van der Waals surface area contributed by atoms with E-state index in [0.29, 0.717) is 13.2 Å².